The van der Waals surface area contributed by atoms with Crippen LogP contribution in [0.2, 0.25) is 0 Å². The monoisotopic (exact) mass is 405 g/mol. The highest BCUT2D eigenvalue weighted by atomic mass is 19.1. The van der Waals surface area contributed by atoms with E-state index in [1.807, 2.05) is 34.1 Å². The molecule has 0 N–H and O–H groups in total. The first-order chi connectivity index (χ1) is 14.7. The zero-order valence-corrected chi connectivity index (χ0v) is 16.8. The third kappa shape index (κ3) is 3.44. The second-order valence-corrected chi connectivity index (χ2v) is 7.85. The number of hydrogen-bond acceptors (Lipinski definition) is 5. The number of nitrogens with zero attached hydrogens (tertiary/aromatic N) is 5. The van der Waals surface area contributed by atoms with Crippen molar-refractivity contribution in [2.45, 2.75) is 12.8 Å². The van der Waals surface area contributed by atoms with Crippen LogP contribution in [0.4, 0.5) is 15.9 Å². The Morgan fingerprint density at radius 3 is 2.40 bits per heavy atom. The summed E-state index contributed by atoms with van der Waals surface area (Å²) in [6.07, 6.45) is 3.92. The molecule has 2 saturated heterocycles. The summed E-state index contributed by atoms with van der Waals surface area (Å²) in [5, 5.41) is 0.926. The van der Waals surface area contributed by atoms with Gasteiger partial charge >= 0.3 is 0 Å². The number of aromatic nitrogens is 2. The molecule has 2 aliphatic heterocycles. The van der Waals surface area contributed by atoms with E-state index in [1.54, 1.807) is 18.5 Å². The maximum Gasteiger partial charge on any atom is 0.254 e. The molecule has 0 saturated carbocycles. The van der Waals surface area contributed by atoms with Gasteiger partial charge in [-0.05, 0) is 43.2 Å². The number of piperazine rings is 1. The van der Waals surface area contributed by atoms with Crippen LogP contribution in [0.15, 0.2) is 48.8 Å². The number of carbonyl (C=O) groups excluding carboxylic acids is 1. The maximum atomic E-state index is 14.1. The molecule has 2 aromatic carbocycles. The highest BCUT2D eigenvalue weighted by Crippen LogP contribution is 2.27. The average molecular weight is 405 g/mol. The van der Waals surface area contributed by atoms with Gasteiger partial charge in [-0.15, -0.1) is 0 Å². The lowest BCUT2D eigenvalue weighted by atomic mass is 10.1. The van der Waals surface area contributed by atoms with Crippen LogP contribution in [-0.2, 0) is 0 Å². The molecule has 30 heavy (non-hydrogen) atoms. The molecule has 0 spiro atoms. The molecule has 0 aliphatic carbocycles. The molecule has 6 nitrogen and oxygen atoms in total. The minimum atomic E-state index is -0.221. The van der Waals surface area contributed by atoms with Gasteiger partial charge in [-0.3, -0.25) is 4.79 Å². The molecular formula is C23H24FN5O. The van der Waals surface area contributed by atoms with Crippen LogP contribution in [0.5, 0.6) is 0 Å². The van der Waals surface area contributed by atoms with Gasteiger partial charge in [-0.2, -0.15) is 0 Å². The Morgan fingerprint density at radius 2 is 1.63 bits per heavy atom. The number of para-hydroxylation sites is 1. The summed E-state index contributed by atoms with van der Waals surface area (Å²) in [4.78, 5) is 28.2. The van der Waals surface area contributed by atoms with Crippen molar-refractivity contribution in [3.8, 4) is 0 Å². The van der Waals surface area contributed by atoms with Crippen molar-refractivity contribution in [1.29, 1.82) is 0 Å². The van der Waals surface area contributed by atoms with E-state index >= 15 is 0 Å². The van der Waals surface area contributed by atoms with E-state index in [0.717, 1.165) is 42.7 Å². The third-order valence-electron chi connectivity index (χ3n) is 6.03. The normalized spacial score (nSPS) is 17.0. The topological polar surface area (TPSA) is 52.6 Å². The van der Waals surface area contributed by atoms with Crippen LogP contribution in [0.25, 0.3) is 10.9 Å². The van der Waals surface area contributed by atoms with Crippen molar-refractivity contribution in [2.24, 2.45) is 0 Å². The van der Waals surface area contributed by atoms with Gasteiger partial charge in [0.15, 0.2) is 0 Å². The molecule has 5 rings (SSSR count). The fraction of sp³-hybridized carbons (Fsp3) is 0.348. The van der Waals surface area contributed by atoms with Crippen molar-refractivity contribution in [3.63, 3.8) is 0 Å². The first-order valence-corrected chi connectivity index (χ1v) is 10.5. The molecule has 3 heterocycles. The Bertz CT molecular complexity index is 1070. The third-order valence-corrected chi connectivity index (χ3v) is 6.03. The Kier molecular flexibility index (Phi) is 4.94. The standard InChI is InChI=1S/C23H24FN5O/c24-19-5-1-2-6-21(19)27-11-13-29(14-12-27)23(30)17-7-8-20-18(15-17)22(26-16-25-20)28-9-3-4-10-28/h1-2,5-8,15-16H,3-4,9-14H2. The van der Waals surface area contributed by atoms with E-state index in [9.17, 15) is 9.18 Å². The number of hydrogen-bond donors (Lipinski definition) is 0. The summed E-state index contributed by atoms with van der Waals surface area (Å²) in [5.41, 5.74) is 2.10. The highest BCUT2D eigenvalue weighted by Gasteiger charge is 2.24. The molecule has 0 radical (unpaired) electrons. The molecule has 1 amide bonds. The zero-order valence-electron chi connectivity index (χ0n) is 16.8. The molecule has 0 bridgehead atoms. The smallest absolute Gasteiger partial charge is 0.254 e. The Hall–Kier alpha value is -3.22. The fourth-order valence-corrected chi connectivity index (χ4v) is 4.40. The highest BCUT2D eigenvalue weighted by molar-refractivity contribution is 6.00. The largest absolute Gasteiger partial charge is 0.366 e. The van der Waals surface area contributed by atoms with E-state index in [0.29, 0.717) is 37.4 Å². The van der Waals surface area contributed by atoms with Crippen LogP contribution < -0.4 is 9.80 Å². The molecule has 0 atom stereocenters. The van der Waals surface area contributed by atoms with E-state index in [2.05, 4.69) is 14.9 Å². The Labute approximate surface area is 174 Å². The number of rotatable bonds is 3. The molecule has 3 aromatic rings. The number of carbonyl (C=O) groups is 1. The minimum absolute atomic E-state index is 0.00121. The minimum Gasteiger partial charge on any atom is -0.366 e. The molecule has 2 aliphatic rings. The predicted octanol–water partition coefficient (Wildman–Crippen LogP) is 3.33. The quantitative estimate of drug-likeness (QED) is 0.669. The van der Waals surface area contributed by atoms with Crippen molar-refractivity contribution in [1.82, 2.24) is 14.9 Å². The van der Waals surface area contributed by atoms with Gasteiger partial charge in [0.05, 0.1) is 11.2 Å². The van der Waals surface area contributed by atoms with Gasteiger partial charge in [0.25, 0.3) is 5.91 Å². The summed E-state index contributed by atoms with van der Waals surface area (Å²) >= 11 is 0. The van der Waals surface area contributed by atoms with Gasteiger partial charge in [0.2, 0.25) is 0 Å². The lowest BCUT2D eigenvalue weighted by Crippen LogP contribution is -2.49. The first kappa shape index (κ1) is 18.8. The van der Waals surface area contributed by atoms with E-state index < -0.39 is 0 Å². The Balaban J connectivity index is 1.35. The summed E-state index contributed by atoms with van der Waals surface area (Å²) in [5.74, 6) is 0.694. The zero-order chi connectivity index (χ0) is 20.5. The summed E-state index contributed by atoms with van der Waals surface area (Å²) in [6.45, 7) is 4.33. The first-order valence-electron chi connectivity index (χ1n) is 10.5. The van der Waals surface area contributed by atoms with Gasteiger partial charge in [-0.25, -0.2) is 14.4 Å². The Morgan fingerprint density at radius 1 is 0.867 bits per heavy atom. The summed E-state index contributed by atoms with van der Waals surface area (Å²) in [6, 6.07) is 12.5. The molecule has 1 aromatic heterocycles. The summed E-state index contributed by atoms with van der Waals surface area (Å²) < 4.78 is 14.1. The van der Waals surface area contributed by atoms with Crippen LogP contribution in [0.1, 0.15) is 23.2 Å². The number of halogens is 1. The van der Waals surface area contributed by atoms with Crippen LogP contribution in [0, 0.1) is 5.82 Å². The molecular weight excluding hydrogens is 381 g/mol. The van der Waals surface area contributed by atoms with Gasteiger partial charge in [0, 0.05) is 50.2 Å². The van der Waals surface area contributed by atoms with Crippen LogP contribution in [-0.4, -0.2) is 60.0 Å². The predicted molar refractivity (Wildman–Crippen MR) is 116 cm³/mol. The second kappa shape index (κ2) is 7.89. The molecule has 2 fully saturated rings. The van der Waals surface area contributed by atoms with Crippen molar-refractivity contribution in [3.05, 3.63) is 60.2 Å². The lowest BCUT2D eigenvalue weighted by molar-refractivity contribution is 0.0747. The fourth-order valence-electron chi connectivity index (χ4n) is 4.40. The number of fused-ring (bicyclic) bond motifs is 1. The van der Waals surface area contributed by atoms with Crippen LogP contribution in [0.3, 0.4) is 0 Å². The van der Waals surface area contributed by atoms with Crippen molar-refractivity contribution >= 4 is 28.3 Å². The average Bonchev–Trinajstić information content (AvgIpc) is 3.33. The number of benzene rings is 2. The maximum absolute atomic E-state index is 14.1. The van der Waals surface area contributed by atoms with Gasteiger partial charge in [0.1, 0.15) is 18.0 Å². The second-order valence-electron chi connectivity index (χ2n) is 7.85. The number of anilines is 2. The van der Waals surface area contributed by atoms with E-state index in [1.165, 1.54) is 6.07 Å². The van der Waals surface area contributed by atoms with Crippen molar-refractivity contribution in [2.75, 3.05) is 49.1 Å². The van der Waals surface area contributed by atoms with Gasteiger partial charge in [-0.1, -0.05) is 12.1 Å². The van der Waals surface area contributed by atoms with Crippen molar-refractivity contribution < 1.29 is 9.18 Å². The molecule has 7 heteroatoms. The van der Waals surface area contributed by atoms with Gasteiger partial charge < -0.3 is 14.7 Å². The summed E-state index contributed by atoms with van der Waals surface area (Å²) in [7, 11) is 0. The van der Waals surface area contributed by atoms with Crippen LogP contribution >= 0.6 is 0 Å². The SMILES string of the molecule is O=C(c1ccc2ncnc(N3CCCC3)c2c1)N1CCN(c2ccccc2F)CC1. The molecule has 154 valence electrons. The molecule has 0 unspecified atom stereocenters. The van der Waals surface area contributed by atoms with E-state index in [-0.39, 0.29) is 11.7 Å². The number of amides is 1. The lowest BCUT2D eigenvalue weighted by Gasteiger charge is -2.36. The van der Waals surface area contributed by atoms with E-state index in [4.69, 9.17) is 0 Å².